The Kier molecular flexibility index (Phi) is 8.64. The maximum atomic E-state index is 11.8. The summed E-state index contributed by atoms with van der Waals surface area (Å²) < 4.78 is 5.18. The molecule has 0 bridgehead atoms. The van der Waals surface area contributed by atoms with Crippen molar-refractivity contribution in [2.45, 2.75) is 52.0 Å². The highest BCUT2D eigenvalue weighted by Crippen LogP contribution is 2.28. The number of nitrogens with one attached hydrogen (secondary N) is 1. The van der Waals surface area contributed by atoms with Crippen LogP contribution in [0.5, 0.6) is 0 Å². The Morgan fingerprint density at radius 2 is 1.86 bits per heavy atom. The lowest BCUT2D eigenvalue weighted by atomic mass is 9.84. The molecule has 5 nitrogen and oxygen atoms in total. The number of carbonyl (C=O) groups excluding carboxylic acids is 1. The second-order valence-electron chi connectivity index (χ2n) is 8.53. The minimum Gasteiger partial charge on any atom is -0.372 e. The fraction of sp³-hybridized carbons (Fsp3) is 0.696. The summed E-state index contributed by atoms with van der Waals surface area (Å²) in [6.07, 6.45) is 5.92. The normalized spacial score (nSPS) is 23.2. The molecule has 1 aromatic rings. The van der Waals surface area contributed by atoms with Crippen LogP contribution in [-0.2, 0) is 9.53 Å². The minimum absolute atomic E-state index is 0.0306. The van der Waals surface area contributed by atoms with Crippen LogP contribution < -0.4 is 10.2 Å². The van der Waals surface area contributed by atoms with E-state index in [0.717, 1.165) is 50.0 Å². The average Bonchev–Trinajstić information content (AvgIpc) is 2.71. The van der Waals surface area contributed by atoms with Gasteiger partial charge in [-0.15, -0.1) is 0 Å². The van der Waals surface area contributed by atoms with Crippen LogP contribution in [0.25, 0.3) is 0 Å². The molecule has 1 saturated heterocycles. The monoisotopic (exact) mass is 421 g/mol. The summed E-state index contributed by atoms with van der Waals surface area (Å²) in [5.41, 5.74) is 2.47. The Bertz CT molecular complexity index is 633. The maximum absolute atomic E-state index is 11.8. The van der Waals surface area contributed by atoms with Gasteiger partial charge < -0.3 is 15.0 Å². The lowest BCUT2D eigenvalue weighted by molar-refractivity contribution is -0.126. The standard InChI is InChI=1S/C23H36ClN3O2/c1-3-29-17-23(28)25-21-6-4-19(5-7-21)8-9-26-10-12-27(13-11-26)22-15-18(2)14-20(24)16-22/h14-16,19,21H,3-13,17H2,1-2H3,(H,25,28)/t19-,21-. The lowest BCUT2D eigenvalue weighted by Gasteiger charge is -2.37. The van der Waals surface area contributed by atoms with E-state index in [2.05, 4.69) is 34.2 Å². The zero-order chi connectivity index (χ0) is 20.6. The van der Waals surface area contributed by atoms with E-state index in [4.69, 9.17) is 16.3 Å². The summed E-state index contributed by atoms with van der Waals surface area (Å²) in [6, 6.07) is 6.66. The topological polar surface area (TPSA) is 44.8 Å². The summed E-state index contributed by atoms with van der Waals surface area (Å²) in [5.74, 6) is 0.826. The molecule has 1 N–H and O–H groups in total. The summed E-state index contributed by atoms with van der Waals surface area (Å²) >= 11 is 6.23. The van der Waals surface area contributed by atoms with Crippen LogP contribution in [0.3, 0.4) is 0 Å². The van der Waals surface area contributed by atoms with Crippen molar-refractivity contribution in [3.63, 3.8) is 0 Å². The van der Waals surface area contributed by atoms with Crippen molar-refractivity contribution in [3.8, 4) is 0 Å². The third-order valence-electron chi connectivity index (χ3n) is 6.27. The molecule has 0 atom stereocenters. The molecule has 162 valence electrons. The Morgan fingerprint density at radius 3 is 2.52 bits per heavy atom. The van der Waals surface area contributed by atoms with E-state index in [9.17, 15) is 4.79 Å². The molecule has 1 saturated carbocycles. The number of benzene rings is 1. The van der Waals surface area contributed by atoms with Crippen molar-refractivity contribution in [1.82, 2.24) is 10.2 Å². The Hall–Kier alpha value is -1.30. The Balaban J connectivity index is 1.32. The van der Waals surface area contributed by atoms with Gasteiger partial charge in [-0.3, -0.25) is 9.69 Å². The maximum Gasteiger partial charge on any atom is 0.246 e. The molecule has 1 amide bonds. The highest BCUT2D eigenvalue weighted by molar-refractivity contribution is 6.30. The van der Waals surface area contributed by atoms with Crippen molar-refractivity contribution in [2.75, 3.05) is 50.8 Å². The lowest BCUT2D eigenvalue weighted by Crippen LogP contribution is -2.47. The summed E-state index contributed by atoms with van der Waals surface area (Å²) in [5, 5.41) is 3.94. The first-order valence-corrected chi connectivity index (χ1v) is 11.5. The van der Waals surface area contributed by atoms with Gasteiger partial charge in [-0.05, 0) is 82.2 Å². The van der Waals surface area contributed by atoms with Crippen LogP contribution in [0.2, 0.25) is 5.02 Å². The molecule has 0 unspecified atom stereocenters. The van der Waals surface area contributed by atoms with Gasteiger partial charge in [0.2, 0.25) is 5.91 Å². The highest BCUT2D eigenvalue weighted by Gasteiger charge is 2.24. The smallest absolute Gasteiger partial charge is 0.246 e. The number of carbonyl (C=O) groups is 1. The molecule has 1 heterocycles. The van der Waals surface area contributed by atoms with Gasteiger partial charge in [-0.2, -0.15) is 0 Å². The second kappa shape index (κ2) is 11.2. The molecule has 6 heteroatoms. The predicted molar refractivity (Wildman–Crippen MR) is 120 cm³/mol. The van der Waals surface area contributed by atoms with Gasteiger partial charge in [0, 0.05) is 49.5 Å². The van der Waals surface area contributed by atoms with Crippen molar-refractivity contribution in [1.29, 1.82) is 0 Å². The van der Waals surface area contributed by atoms with Gasteiger partial charge in [-0.1, -0.05) is 11.6 Å². The number of nitrogens with zero attached hydrogens (tertiary/aromatic N) is 2. The number of amides is 1. The molecule has 1 aliphatic heterocycles. The first-order valence-electron chi connectivity index (χ1n) is 11.1. The number of halogens is 1. The van der Waals surface area contributed by atoms with Crippen LogP contribution >= 0.6 is 11.6 Å². The quantitative estimate of drug-likeness (QED) is 0.692. The zero-order valence-electron chi connectivity index (χ0n) is 18.0. The van der Waals surface area contributed by atoms with Crippen LogP contribution in [0.1, 0.15) is 44.6 Å². The van der Waals surface area contributed by atoms with Crippen LogP contribution in [0.4, 0.5) is 5.69 Å². The van der Waals surface area contributed by atoms with Gasteiger partial charge in [-0.25, -0.2) is 0 Å². The van der Waals surface area contributed by atoms with Gasteiger partial charge in [0.25, 0.3) is 0 Å². The third-order valence-corrected chi connectivity index (χ3v) is 6.49. The van der Waals surface area contributed by atoms with E-state index in [-0.39, 0.29) is 12.5 Å². The Morgan fingerprint density at radius 1 is 1.14 bits per heavy atom. The van der Waals surface area contributed by atoms with E-state index >= 15 is 0 Å². The van der Waals surface area contributed by atoms with E-state index in [1.165, 1.54) is 37.1 Å². The molecular weight excluding hydrogens is 386 g/mol. The SMILES string of the molecule is CCOCC(=O)N[C@H]1CC[C@H](CCN2CCN(c3cc(C)cc(Cl)c3)CC2)CC1. The summed E-state index contributed by atoms with van der Waals surface area (Å²) in [6.45, 7) is 10.4. The second-order valence-corrected chi connectivity index (χ2v) is 8.96. The van der Waals surface area contributed by atoms with E-state index in [0.29, 0.717) is 12.6 Å². The first-order chi connectivity index (χ1) is 14.0. The van der Waals surface area contributed by atoms with E-state index < -0.39 is 0 Å². The van der Waals surface area contributed by atoms with Gasteiger partial charge >= 0.3 is 0 Å². The molecule has 0 aromatic heterocycles. The number of rotatable bonds is 8. The fourth-order valence-corrected chi connectivity index (χ4v) is 4.84. The zero-order valence-corrected chi connectivity index (χ0v) is 18.7. The molecule has 0 radical (unpaired) electrons. The highest BCUT2D eigenvalue weighted by atomic mass is 35.5. The number of ether oxygens (including phenoxy) is 1. The number of hydrogen-bond acceptors (Lipinski definition) is 4. The summed E-state index contributed by atoms with van der Waals surface area (Å²) in [4.78, 5) is 16.8. The van der Waals surface area contributed by atoms with E-state index in [1.54, 1.807) is 0 Å². The van der Waals surface area contributed by atoms with Crippen LogP contribution in [0, 0.1) is 12.8 Å². The van der Waals surface area contributed by atoms with Crippen molar-refractivity contribution in [2.24, 2.45) is 5.92 Å². The minimum atomic E-state index is 0.0306. The van der Waals surface area contributed by atoms with Crippen LogP contribution in [0.15, 0.2) is 18.2 Å². The van der Waals surface area contributed by atoms with Crippen molar-refractivity contribution in [3.05, 3.63) is 28.8 Å². The van der Waals surface area contributed by atoms with E-state index in [1.807, 2.05) is 13.0 Å². The fourth-order valence-electron chi connectivity index (χ4n) is 4.55. The summed E-state index contributed by atoms with van der Waals surface area (Å²) in [7, 11) is 0. The number of piperazine rings is 1. The van der Waals surface area contributed by atoms with Crippen molar-refractivity contribution >= 4 is 23.2 Å². The Labute approximate surface area is 180 Å². The first kappa shape index (κ1) is 22.4. The average molecular weight is 422 g/mol. The van der Waals surface area contributed by atoms with Gasteiger partial charge in [0.05, 0.1) is 0 Å². The molecule has 2 aliphatic rings. The largest absolute Gasteiger partial charge is 0.372 e. The number of anilines is 1. The van der Waals surface area contributed by atoms with Gasteiger partial charge in [0.1, 0.15) is 6.61 Å². The molecular formula is C23H36ClN3O2. The third kappa shape index (κ3) is 7.16. The molecule has 2 fully saturated rings. The number of hydrogen-bond donors (Lipinski definition) is 1. The van der Waals surface area contributed by atoms with Crippen molar-refractivity contribution < 1.29 is 9.53 Å². The predicted octanol–water partition coefficient (Wildman–Crippen LogP) is 3.87. The molecule has 0 spiro atoms. The number of aryl methyl sites for hydroxylation is 1. The van der Waals surface area contributed by atoms with Crippen LogP contribution in [-0.4, -0.2) is 62.8 Å². The molecule has 1 aliphatic carbocycles. The molecule has 3 rings (SSSR count). The van der Waals surface area contributed by atoms with Gasteiger partial charge in [0.15, 0.2) is 0 Å². The molecule has 29 heavy (non-hydrogen) atoms. The molecule has 1 aromatic carbocycles.